The first kappa shape index (κ1) is 19.6. The Morgan fingerprint density at radius 3 is 3.10 bits per heavy atom. The van der Waals surface area contributed by atoms with Crippen molar-refractivity contribution < 1.29 is 14.3 Å². The molecule has 0 saturated carbocycles. The molecule has 0 radical (unpaired) electrons. The lowest BCUT2D eigenvalue weighted by atomic mass is 10.1. The summed E-state index contributed by atoms with van der Waals surface area (Å²) in [7, 11) is 0. The van der Waals surface area contributed by atoms with E-state index in [0.717, 1.165) is 24.2 Å². The number of benzene rings is 1. The van der Waals surface area contributed by atoms with Crippen molar-refractivity contribution in [2.75, 3.05) is 44.2 Å². The van der Waals surface area contributed by atoms with Gasteiger partial charge in [-0.25, -0.2) is 0 Å². The van der Waals surface area contributed by atoms with Crippen LogP contribution in [0.5, 0.6) is 0 Å². The summed E-state index contributed by atoms with van der Waals surface area (Å²) in [6, 6.07) is 9.73. The van der Waals surface area contributed by atoms with Crippen LogP contribution in [0.3, 0.4) is 0 Å². The van der Waals surface area contributed by atoms with E-state index in [1.807, 2.05) is 25.1 Å². The number of hydrogen-bond acceptors (Lipinski definition) is 7. The van der Waals surface area contributed by atoms with Crippen LogP contribution in [-0.2, 0) is 14.3 Å². The molecule has 2 fully saturated rings. The molecule has 3 heterocycles. The molecule has 0 aliphatic carbocycles. The molecule has 8 nitrogen and oxygen atoms in total. The summed E-state index contributed by atoms with van der Waals surface area (Å²) in [5.74, 6) is -0.133. The second-order valence-corrected chi connectivity index (χ2v) is 7.43. The molecule has 1 aromatic carbocycles. The van der Waals surface area contributed by atoms with Crippen molar-refractivity contribution >= 4 is 22.5 Å². The number of anilines is 1. The number of fused-ring (bicyclic) bond motifs is 1. The third kappa shape index (κ3) is 4.32. The van der Waals surface area contributed by atoms with E-state index in [0.29, 0.717) is 37.3 Å². The molecule has 1 aromatic heterocycles. The lowest BCUT2D eigenvalue weighted by molar-refractivity contribution is -0.138. The van der Waals surface area contributed by atoms with Crippen LogP contribution in [0.15, 0.2) is 30.5 Å². The van der Waals surface area contributed by atoms with Gasteiger partial charge in [0.15, 0.2) is 6.10 Å². The molecule has 2 saturated heterocycles. The Morgan fingerprint density at radius 1 is 1.41 bits per heavy atom. The lowest BCUT2D eigenvalue weighted by Crippen LogP contribution is -2.54. The minimum Gasteiger partial charge on any atom is -0.374 e. The average molecular weight is 395 g/mol. The second-order valence-electron chi connectivity index (χ2n) is 7.43. The van der Waals surface area contributed by atoms with Crippen molar-refractivity contribution in [1.82, 2.24) is 15.6 Å². The minimum atomic E-state index is -0.572. The number of nitrogens with zero attached hydrogens (tertiary/aromatic N) is 3. The molecule has 8 heteroatoms. The van der Waals surface area contributed by atoms with Gasteiger partial charge in [0.05, 0.1) is 36.4 Å². The number of hydrogen-bond donors (Lipinski definition) is 2. The number of aromatic nitrogens is 1. The molecule has 152 valence electrons. The zero-order chi connectivity index (χ0) is 20.2. The summed E-state index contributed by atoms with van der Waals surface area (Å²) in [5.41, 5.74) is 2.18. The summed E-state index contributed by atoms with van der Waals surface area (Å²) >= 11 is 0. The Labute approximate surface area is 169 Å². The van der Waals surface area contributed by atoms with Gasteiger partial charge in [-0.05, 0) is 31.2 Å². The number of carbonyl (C=O) groups excluding carboxylic acids is 1. The highest BCUT2D eigenvalue weighted by molar-refractivity contribution is 5.95. The first-order chi connectivity index (χ1) is 14.2. The third-order valence-corrected chi connectivity index (χ3v) is 5.27. The zero-order valence-electron chi connectivity index (χ0n) is 16.4. The van der Waals surface area contributed by atoms with Crippen LogP contribution in [-0.4, -0.2) is 68.5 Å². The molecule has 2 aromatic rings. The Morgan fingerprint density at radius 2 is 2.31 bits per heavy atom. The van der Waals surface area contributed by atoms with Crippen molar-refractivity contribution in [3.63, 3.8) is 0 Å². The fraction of sp³-hybridized carbons (Fsp3) is 0.476. The number of nitrogens with one attached hydrogen (secondary N) is 2. The summed E-state index contributed by atoms with van der Waals surface area (Å²) in [4.78, 5) is 19.3. The first-order valence-corrected chi connectivity index (χ1v) is 9.94. The molecule has 2 aliphatic heterocycles. The van der Waals surface area contributed by atoms with Crippen molar-refractivity contribution in [2.24, 2.45) is 0 Å². The molecule has 2 N–H and O–H groups in total. The highest BCUT2D eigenvalue weighted by Gasteiger charge is 2.31. The molecule has 3 atom stereocenters. The summed E-state index contributed by atoms with van der Waals surface area (Å²) in [6.45, 7) is 5.76. The van der Waals surface area contributed by atoms with Gasteiger partial charge in [0.1, 0.15) is 6.07 Å². The van der Waals surface area contributed by atoms with Crippen molar-refractivity contribution in [3.05, 3.63) is 36.0 Å². The maximum Gasteiger partial charge on any atom is 0.251 e. The Bertz CT molecular complexity index is 922. The summed E-state index contributed by atoms with van der Waals surface area (Å²) in [5, 5.41) is 16.5. The zero-order valence-corrected chi connectivity index (χ0v) is 16.4. The van der Waals surface area contributed by atoms with Gasteiger partial charge in [0.25, 0.3) is 5.91 Å². The normalized spacial score (nSPS) is 24.8. The SMILES string of the molecule is C[C@@H]1CN(c2ccc(C#N)c3ncccc23)C[C@H](C(=O)NC[C@@H]2CNCCO2)O1. The van der Waals surface area contributed by atoms with E-state index >= 15 is 0 Å². The first-order valence-electron chi connectivity index (χ1n) is 9.94. The molecular weight excluding hydrogens is 370 g/mol. The van der Waals surface area contributed by atoms with Crippen LogP contribution in [0.1, 0.15) is 12.5 Å². The number of morpholine rings is 2. The number of pyridine rings is 1. The van der Waals surface area contributed by atoms with Gasteiger partial charge in [-0.2, -0.15) is 5.26 Å². The Kier molecular flexibility index (Phi) is 5.90. The minimum absolute atomic E-state index is 0.0154. The van der Waals surface area contributed by atoms with Gasteiger partial charge < -0.3 is 25.0 Å². The van der Waals surface area contributed by atoms with Crippen molar-refractivity contribution in [1.29, 1.82) is 5.26 Å². The van der Waals surface area contributed by atoms with Crippen molar-refractivity contribution in [2.45, 2.75) is 25.2 Å². The predicted molar refractivity (Wildman–Crippen MR) is 109 cm³/mol. The number of carbonyl (C=O) groups is 1. The van der Waals surface area contributed by atoms with Gasteiger partial charge in [-0.1, -0.05) is 0 Å². The van der Waals surface area contributed by atoms with Gasteiger partial charge in [0.2, 0.25) is 0 Å². The molecule has 2 aliphatic rings. The van der Waals surface area contributed by atoms with Gasteiger partial charge in [-0.15, -0.1) is 0 Å². The summed E-state index contributed by atoms with van der Waals surface area (Å²) < 4.78 is 11.6. The number of nitriles is 1. The average Bonchev–Trinajstić information content (AvgIpc) is 2.77. The highest BCUT2D eigenvalue weighted by atomic mass is 16.5. The van der Waals surface area contributed by atoms with E-state index in [1.165, 1.54) is 0 Å². The number of amides is 1. The van der Waals surface area contributed by atoms with E-state index in [-0.39, 0.29) is 18.1 Å². The van der Waals surface area contributed by atoms with Crippen LogP contribution in [0.25, 0.3) is 10.9 Å². The lowest BCUT2D eigenvalue weighted by Gasteiger charge is -2.38. The number of ether oxygens (including phenoxy) is 2. The van der Waals surface area contributed by atoms with Crippen LogP contribution in [0.2, 0.25) is 0 Å². The molecular formula is C21H25N5O3. The standard InChI is InChI=1S/C21H25N5O3/c1-14-12-26(18-5-4-15(9-22)20-17(18)3-2-6-24-20)13-19(29-14)21(27)25-11-16-10-23-7-8-28-16/h2-6,14,16,19,23H,7-8,10-13H2,1H3,(H,25,27)/t14-,16+,19-/m1/s1. The molecule has 29 heavy (non-hydrogen) atoms. The second kappa shape index (κ2) is 8.74. The molecule has 0 unspecified atom stereocenters. The van der Waals surface area contributed by atoms with Gasteiger partial charge in [0, 0.05) is 43.4 Å². The van der Waals surface area contributed by atoms with E-state index in [2.05, 4.69) is 26.6 Å². The number of rotatable bonds is 4. The topological polar surface area (TPSA) is 99.5 Å². The van der Waals surface area contributed by atoms with Crippen LogP contribution >= 0.6 is 0 Å². The third-order valence-electron chi connectivity index (χ3n) is 5.27. The van der Waals surface area contributed by atoms with Gasteiger partial charge in [-0.3, -0.25) is 9.78 Å². The molecule has 0 spiro atoms. The van der Waals surface area contributed by atoms with Crippen LogP contribution < -0.4 is 15.5 Å². The maximum absolute atomic E-state index is 12.7. The summed E-state index contributed by atoms with van der Waals surface area (Å²) in [6.07, 6.45) is 0.998. The monoisotopic (exact) mass is 395 g/mol. The van der Waals surface area contributed by atoms with E-state index in [9.17, 15) is 10.1 Å². The Hall–Kier alpha value is -2.73. The van der Waals surface area contributed by atoms with E-state index in [1.54, 1.807) is 12.3 Å². The van der Waals surface area contributed by atoms with E-state index < -0.39 is 6.10 Å². The maximum atomic E-state index is 12.7. The fourth-order valence-corrected chi connectivity index (χ4v) is 3.90. The molecule has 0 bridgehead atoms. The molecule has 1 amide bonds. The van der Waals surface area contributed by atoms with E-state index in [4.69, 9.17) is 9.47 Å². The predicted octanol–water partition coefficient (Wildman–Crippen LogP) is 0.805. The van der Waals surface area contributed by atoms with Crippen LogP contribution in [0.4, 0.5) is 5.69 Å². The molecule has 4 rings (SSSR count). The van der Waals surface area contributed by atoms with Crippen LogP contribution in [0, 0.1) is 11.3 Å². The fourth-order valence-electron chi connectivity index (χ4n) is 3.90. The Balaban J connectivity index is 1.50. The smallest absolute Gasteiger partial charge is 0.251 e. The van der Waals surface area contributed by atoms with Gasteiger partial charge >= 0.3 is 0 Å². The largest absolute Gasteiger partial charge is 0.374 e. The van der Waals surface area contributed by atoms with Crippen molar-refractivity contribution in [3.8, 4) is 6.07 Å². The highest BCUT2D eigenvalue weighted by Crippen LogP contribution is 2.30. The quantitative estimate of drug-likeness (QED) is 0.790.